The van der Waals surface area contributed by atoms with Gasteiger partial charge in [-0.3, -0.25) is 4.79 Å². The van der Waals surface area contributed by atoms with Gasteiger partial charge in [-0.25, -0.2) is 4.98 Å². The standard InChI is InChI=1S/C20H20N2O3S/c1-13-5-4-6-17(14(13)2)22-20(23)15-7-8-18(19(9-15)24-3)25-10-16-11-26-12-21-16/h4-9,11-12H,10H2,1-3H3,(H,22,23). The van der Waals surface area contributed by atoms with Crippen molar-refractivity contribution >= 4 is 22.9 Å². The van der Waals surface area contributed by atoms with Crippen LogP contribution in [0.25, 0.3) is 0 Å². The van der Waals surface area contributed by atoms with Gasteiger partial charge in [-0.2, -0.15) is 0 Å². The van der Waals surface area contributed by atoms with Gasteiger partial charge in [0.25, 0.3) is 5.91 Å². The van der Waals surface area contributed by atoms with Crippen molar-refractivity contribution in [2.45, 2.75) is 20.5 Å². The maximum atomic E-state index is 12.6. The number of methoxy groups -OCH3 is 1. The largest absolute Gasteiger partial charge is 0.493 e. The number of aromatic nitrogens is 1. The number of nitrogens with one attached hydrogen (secondary N) is 1. The Labute approximate surface area is 156 Å². The van der Waals surface area contributed by atoms with E-state index in [1.165, 1.54) is 11.3 Å². The SMILES string of the molecule is COc1cc(C(=O)Nc2cccc(C)c2C)ccc1OCc1cscn1. The Kier molecular flexibility index (Phi) is 5.53. The van der Waals surface area contributed by atoms with Crippen LogP contribution in [-0.2, 0) is 6.61 Å². The quantitative estimate of drug-likeness (QED) is 0.691. The molecule has 6 heteroatoms. The molecule has 5 nitrogen and oxygen atoms in total. The lowest BCUT2D eigenvalue weighted by molar-refractivity contribution is 0.102. The van der Waals surface area contributed by atoms with Crippen molar-refractivity contribution in [2.24, 2.45) is 0 Å². The van der Waals surface area contributed by atoms with Crippen molar-refractivity contribution in [3.05, 3.63) is 69.7 Å². The highest BCUT2D eigenvalue weighted by Crippen LogP contribution is 2.29. The summed E-state index contributed by atoms with van der Waals surface area (Å²) in [5, 5.41) is 4.88. The summed E-state index contributed by atoms with van der Waals surface area (Å²) >= 11 is 1.52. The summed E-state index contributed by atoms with van der Waals surface area (Å²) in [6.45, 7) is 4.36. The van der Waals surface area contributed by atoms with Crippen molar-refractivity contribution < 1.29 is 14.3 Å². The van der Waals surface area contributed by atoms with E-state index in [1.54, 1.807) is 30.8 Å². The van der Waals surface area contributed by atoms with Gasteiger partial charge >= 0.3 is 0 Å². The number of amides is 1. The molecular formula is C20H20N2O3S. The number of hydrogen-bond acceptors (Lipinski definition) is 5. The number of ether oxygens (including phenoxy) is 2. The van der Waals surface area contributed by atoms with E-state index in [4.69, 9.17) is 9.47 Å². The molecule has 0 aliphatic carbocycles. The smallest absolute Gasteiger partial charge is 0.255 e. The third-order valence-electron chi connectivity index (χ3n) is 4.14. The minimum atomic E-state index is -0.192. The summed E-state index contributed by atoms with van der Waals surface area (Å²) < 4.78 is 11.1. The number of aryl methyl sites for hydroxylation is 1. The molecule has 0 atom stereocenters. The number of carbonyl (C=O) groups is 1. The summed E-state index contributed by atoms with van der Waals surface area (Å²) in [5.41, 5.74) is 6.11. The number of hydrogen-bond donors (Lipinski definition) is 1. The molecule has 1 N–H and O–H groups in total. The zero-order chi connectivity index (χ0) is 18.5. The van der Waals surface area contributed by atoms with Crippen molar-refractivity contribution in [2.75, 3.05) is 12.4 Å². The topological polar surface area (TPSA) is 60.5 Å². The van der Waals surface area contributed by atoms with Crippen LogP contribution in [0.1, 0.15) is 27.2 Å². The van der Waals surface area contributed by atoms with Crippen molar-refractivity contribution in [3.8, 4) is 11.5 Å². The molecule has 1 heterocycles. The first kappa shape index (κ1) is 17.9. The lowest BCUT2D eigenvalue weighted by Crippen LogP contribution is -2.13. The molecule has 0 fully saturated rings. The highest BCUT2D eigenvalue weighted by atomic mass is 32.1. The fraction of sp³-hybridized carbons (Fsp3) is 0.200. The Balaban J connectivity index is 1.75. The molecule has 2 aromatic carbocycles. The van der Waals surface area contributed by atoms with Crippen LogP contribution < -0.4 is 14.8 Å². The van der Waals surface area contributed by atoms with Crippen LogP contribution in [0, 0.1) is 13.8 Å². The normalized spacial score (nSPS) is 10.4. The third kappa shape index (κ3) is 4.03. The second kappa shape index (κ2) is 8.01. The highest BCUT2D eigenvalue weighted by molar-refractivity contribution is 7.07. The maximum absolute atomic E-state index is 12.6. The zero-order valence-corrected chi connectivity index (χ0v) is 15.7. The van der Waals surface area contributed by atoms with Gasteiger partial charge in [-0.15, -0.1) is 11.3 Å². The summed E-state index contributed by atoms with van der Waals surface area (Å²) in [7, 11) is 1.55. The number of thiazole rings is 1. The van der Waals surface area contributed by atoms with Crippen molar-refractivity contribution in [1.29, 1.82) is 0 Å². The average molecular weight is 368 g/mol. The molecule has 0 unspecified atom stereocenters. The molecule has 0 saturated heterocycles. The summed E-state index contributed by atoms with van der Waals surface area (Å²) in [6, 6.07) is 11.0. The minimum absolute atomic E-state index is 0.192. The Hall–Kier alpha value is -2.86. The first-order chi connectivity index (χ1) is 12.6. The van der Waals surface area contributed by atoms with Crippen LogP contribution in [0.4, 0.5) is 5.69 Å². The van der Waals surface area contributed by atoms with Gasteiger partial charge in [0.2, 0.25) is 0 Å². The van der Waals surface area contributed by atoms with E-state index in [2.05, 4.69) is 10.3 Å². The van der Waals surface area contributed by atoms with Gasteiger partial charge in [0.15, 0.2) is 11.5 Å². The molecule has 134 valence electrons. The average Bonchev–Trinajstić information content (AvgIpc) is 3.17. The number of anilines is 1. The molecule has 0 spiro atoms. The number of rotatable bonds is 6. The van der Waals surface area contributed by atoms with Crippen LogP contribution in [0.5, 0.6) is 11.5 Å². The van der Waals surface area contributed by atoms with Crippen LogP contribution in [-0.4, -0.2) is 18.0 Å². The van der Waals surface area contributed by atoms with Gasteiger partial charge in [-0.05, 0) is 49.2 Å². The molecule has 0 aliphatic rings. The predicted octanol–water partition coefficient (Wildman–Crippen LogP) is 4.60. The van der Waals surface area contributed by atoms with Gasteiger partial charge in [0, 0.05) is 16.6 Å². The van der Waals surface area contributed by atoms with Gasteiger partial charge in [0.1, 0.15) is 6.61 Å². The molecule has 26 heavy (non-hydrogen) atoms. The molecule has 1 aromatic heterocycles. The monoisotopic (exact) mass is 368 g/mol. The predicted molar refractivity (Wildman–Crippen MR) is 103 cm³/mol. The van der Waals surface area contributed by atoms with E-state index in [1.807, 2.05) is 37.4 Å². The van der Waals surface area contributed by atoms with Crippen LogP contribution in [0.15, 0.2) is 47.3 Å². The minimum Gasteiger partial charge on any atom is -0.493 e. The van der Waals surface area contributed by atoms with Gasteiger partial charge in [-0.1, -0.05) is 12.1 Å². The Morgan fingerprint density at radius 2 is 2.04 bits per heavy atom. The van der Waals surface area contributed by atoms with Crippen LogP contribution >= 0.6 is 11.3 Å². The van der Waals surface area contributed by atoms with E-state index in [0.717, 1.165) is 22.5 Å². The van der Waals surface area contributed by atoms with E-state index in [9.17, 15) is 4.79 Å². The highest BCUT2D eigenvalue weighted by Gasteiger charge is 2.13. The van der Waals surface area contributed by atoms with E-state index >= 15 is 0 Å². The first-order valence-electron chi connectivity index (χ1n) is 8.14. The van der Waals surface area contributed by atoms with Gasteiger partial charge < -0.3 is 14.8 Å². The third-order valence-corrected chi connectivity index (χ3v) is 4.77. The van der Waals surface area contributed by atoms with Crippen LogP contribution in [0.2, 0.25) is 0 Å². The van der Waals surface area contributed by atoms with Crippen molar-refractivity contribution in [3.63, 3.8) is 0 Å². The van der Waals surface area contributed by atoms with Crippen LogP contribution in [0.3, 0.4) is 0 Å². The molecule has 3 rings (SSSR count). The van der Waals surface area contributed by atoms with Crippen molar-refractivity contribution in [1.82, 2.24) is 4.98 Å². The molecule has 0 bridgehead atoms. The summed E-state index contributed by atoms with van der Waals surface area (Å²) in [5.74, 6) is 0.890. The number of nitrogens with zero attached hydrogens (tertiary/aromatic N) is 1. The number of benzene rings is 2. The molecule has 3 aromatic rings. The molecule has 0 saturated carbocycles. The summed E-state index contributed by atoms with van der Waals surface area (Å²) in [4.78, 5) is 16.8. The molecule has 0 aliphatic heterocycles. The first-order valence-corrected chi connectivity index (χ1v) is 9.08. The Morgan fingerprint density at radius 1 is 1.19 bits per heavy atom. The second-order valence-corrected chi connectivity index (χ2v) is 6.55. The maximum Gasteiger partial charge on any atom is 0.255 e. The number of carbonyl (C=O) groups excluding carboxylic acids is 1. The Bertz CT molecular complexity index is 907. The zero-order valence-electron chi connectivity index (χ0n) is 14.9. The fourth-order valence-corrected chi connectivity index (χ4v) is 3.01. The van der Waals surface area contributed by atoms with E-state index < -0.39 is 0 Å². The lowest BCUT2D eigenvalue weighted by Gasteiger charge is -2.13. The lowest BCUT2D eigenvalue weighted by atomic mass is 10.1. The van der Waals surface area contributed by atoms with Gasteiger partial charge in [0.05, 0.1) is 18.3 Å². The Morgan fingerprint density at radius 3 is 2.77 bits per heavy atom. The van der Waals surface area contributed by atoms with E-state index in [0.29, 0.717) is 23.7 Å². The molecule has 1 amide bonds. The fourth-order valence-electron chi connectivity index (χ4n) is 2.47. The second-order valence-electron chi connectivity index (χ2n) is 5.84. The summed E-state index contributed by atoms with van der Waals surface area (Å²) in [6.07, 6.45) is 0. The van der Waals surface area contributed by atoms with E-state index in [-0.39, 0.29) is 5.91 Å². The molecular weight excluding hydrogens is 348 g/mol. The molecule has 0 radical (unpaired) electrons.